The monoisotopic (exact) mass is 407 g/mol. The van der Waals surface area contributed by atoms with Gasteiger partial charge in [-0.1, -0.05) is 96.3 Å². The van der Waals surface area contributed by atoms with Crippen LogP contribution in [0, 0.1) is 5.92 Å². The Labute approximate surface area is 178 Å². The summed E-state index contributed by atoms with van der Waals surface area (Å²) in [6.45, 7) is 0.683. The van der Waals surface area contributed by atoms with Crippen LogP contribution < -0.4 is 16.0 Å². The summed E-state index contributed by atoms with van der Waals surface area (Å²) in [5, 5.41) is 8.48. The maximum absolute atomic E-state index is 12.3. The Balaban J connectivity index is 1.66. The van der Waals surface area contributed by atoms with Gasteiger partial charge in [-0.15, -0.1) is 0 Å². The van der Waals surface area contributed by atoms with Crippen molar-refractivity contribution in [2.24, 2.45) is 5.92 Å². The summed E-state index contributed by atoms with van der Waals surface area (Å²) in [7, 11) is 0. The molecule has 0 aromatic carbocycles. The van der Waals surface area contributed by atoms with Crippen LogP contribution in [0.4, 0.5) is 9.59 Å². The summed E-state index contributed by atoms with van der Waals surface area (Å²) < 4.78 is 0. The smallest absolute Gasteiger partial charge is 0.323 e. The lowest BCUT2D eigenvalue weighted by Crippen LogP contribution is -2.48. The van der Waals surface area contributed by atoms with Gasteiger partial charge in [0.1, 0.15) is 0 Å². The second kappa shape index (κ2) is 15.6. The van der Waals surface area contributed by atoms with Gasteiger partial charge in [0, 0.05) is 12.6 Å². The van der Waals surface area contributed by atoms with Crippen LogP contribution in [-0.4, -0.2) is 24.6 Å². The number of urea groups is 2. The summed E-state index contributed by atoms with van der Waals surface area (Å²) in [6.07, 6.45) is 23.8. The second-order valence-corrected chi connectivity index (χ2v) is 9.33. The first kappa shape index (κ1) is 24.0. The second-order valence-electron chi connectivity index (χ2n) is 9.33. The fraction of sp³-hybridized carbons (Fsp3) is 0.917. The van der Waals surface area contributed by atoms with E-state index in [1.807, 2.05) is 0 Å². The molecule has 0 heterocycles. The minimum absolute atomic E-state index is 0.194. The average molecular weight is 408 g/mol. The molecule has 0 unspecified atom stereocenters. The van der Waals surface area contributed by atoms with E-state index in [0.717, 1.165) is 12.8 Å². The molecule has 0 atom stereocenters. The van der Waals surface area contributed by atoms with Crippen molar-refractivity contribution in [2.45, 2.75) is 128 Å². The molecule has 3 N–H and O–H groups in total. The standard InChI is InChI=1S/C24H45N3O2/c28-23(25-20-21-16-12-8-4-3-5-9-13-17-21)27-24(29)26-22-18-14-10-6-1-2-7-11-15-19-22/h21-22H,1-20H2,(H3,25,26,27,28,29). The van der Waals surface area contributed by atoms with Crippen LogP contribution in [0.25, 0.3) is 0 Å². The van der Waals surface area contributed by atoms with Gasteiger partial charge in [-0.2, -0.15) is 0 Å². The third-order valence-electron chi connectivity index (χ3n) is 6.69. The Morgan fingerprint density at radius 2 is 0.966 bits per heavy atom. The number of hydrogen-bond acceptors (Lipinski definition) is 2. The molecule has 2 fully saturated rings. The average Bonchev–Trinajstić information content (AvgIpc) is 2.77. The number of nitrogens with one attached hydrogen (secondary N) is 3. The lowest BCUT2D eigenvalue weighted by atomic mass is 9.92. The third kappa shape index (κ3) is 12.1. The number of imide groups is 1. The van der Waals surface area contributed by atoms with E-state index < -0.39 is 0 Å². The van der Waals surface area contributed by atoms with Crippen LogP contribution >= 0.6 is 0 Å². The van der Waals surface area contributed by atoms with E-state index in [9.17, 15) is 9.59 Å². The maximum atomic E-state index is 12.3. The number of carbonyl (C=O) groups excluding carboxylic acids is 2. The Hall–Kier alpha value is -1.26. The third-order valence-corrected chi connectivity index (χ3v) is 6.69. The van der Waals surface area contributed by atoms with Crippen LogP contribution in [0.3, 0.4) is 0 Å². The van der Waals surface area contributed by atoms with Gasteiger partial charge in [0.05, 0.1) is 0 Å². The molecule has 2 aliphatic carbocycles. The van der Waals surface area contributed by atoms with E-state index >= 15 is 0 Å². The topological polar surface area (TPSA) is 70.2 Å². The van der Waals surface area contributed by atoms with Crippen molar-refractivity contribution in [1.29, 1.82) is 0 Å². The molecule has 168 valence electrons. The first-order valence-electron chi connectivity index (χ1n) is 12.6. The van der Waals surface area contributed by atoms with Crippen molar-refractivity contribution in [1.82, 2.24) is 16.0 Å². The van der Waals surface area contributed by atoms with Crippen LogP contribution in [-0.2, 0) is 0 Å². The van der Waals surface area contributed by atoms with E-state index in [2.05, 4.69) is 16.0 Å². The zero-order valence-electron chi connectivity index (χ0n) is 18.6. The van der Waals surface area contributed by atoms with Gasteiger partial charge in [-0.05, 0) is 31.6 Å². The molecule has 0 aromatic heterocycles. The van der Waals surface area contributed by atoms with E-state index in [0.29, 0.717) is 12.5 Å². The molecule has 0 aliphatic heterocycles. The van der Waals surface area contributed by atoms with Gasteiger partial charge in [0.15, 0.2) is 0 Å². The van der Waals surface area contributed by atoms with Crippen molar-refractivity contribution in [2.75, 3.05) is 6.54 Å². The van der Waals surface area contributed by atoms with Crippen molar-refractivity contribution in [3.8, 4) is 0 Å². The number of hydrogen-bond donors (Lipinski definition) is 3. The number of carbonyl (C=O) groups is 2. The summed E-state index contributed by atoms with van der Waals surface area (Å²) >= 11 is 0. The summed E-state index contributed by atoms with van der Waals surface area (Å²) in [6, 6.07) is -0.497. The lowest BCUT2D eigenvalue weighted by molar-refractivity contribution is 0.222. The SMILES string of the molecule is O=C(NCC1CCCCCCCCC1)NC(=O)NC1CCCCCCCCCC1. The van der Waals surface area contributed by atoms with Crippen LogP contribution in [0.1, 0.15) is 122 Å². The molecule has 5 heteroatoms. The molecule has 5 nitrogen and oxygen atoms in total. The predicted octanol–water partition coefficient (Wildman–Crippen LogP) is 6.42. The first-order valence-corrected chi connectivity index (χ1v) is 12.6. The zero-order valence-corrected chi connectivity index (χ0v) is 18.6. The minimum atomic E-state index is -0.351. The van der Waals surface area contributed by atoms with Crippen molar-refractivity contribution < 1.29 is 9.59 Å². The molecule has 29 heavy (non-hydrogen) atoms. The highest BCUT2D eigenvalue weighted by atomic mass is 16.2. The van der Waals surface area contributed by atoms with E-state index in [1.165, 1.54) is 109 Å². The molecule has 0 spiro atoms. The highest BCUT2D eigenvalue weighted by molar-refractivity contribution is 5.93. The zero-order chi connectivity index (χ0) is 20.6. The van der Waals surface area contributed by atoms with Crippen LogP contribution in [0.15, 0.2) is 0 Å². The summed E-state index contributed by atoms with van der Waals surface area (Å²) in [5.41, 5.74) is 0. The quantitative estimate of drug-likeness (QED) is 0.505. The van der Waals surface area contributed by atoms with Crippen molar-refractivity contribution in [3.05, 3.63) is 0 Å². The molecule has 0 aromatic rings. The summed E-state index contributed by atoms with van der Waals surface area (Å²) in [5.74, 6) is 0.545. The number of amides is 4. The van der Waals surface area contributed by atoms with E-state index in [4.69, 9.17) is 0 Å². The first-order chi connectivity index (χ1) is 14.2. The molecular weight excluding hydrogens is 362 g/mol. The van der Waals surface area contributed by atoms with Crippen LogP contribution in [0.5, 0.6) is 0 Å². The van der Waals surface area contributed by atoms with Crippen molar-refractivity contribution in [3.63, 3.8) is 0 Å². The highest BCUT2D eigenvalue weighted by Crippen LogP contribution is 2.21. The molecule has 0 radical (unpaired) electrons. The van der Waals surface area contributed by atoms with Gasteiger partial charge in [-0.3, -0.25) is 5.32 Å². The van der Waals surface area contributed by atoms with Gasteiger partial charge in [-0.25, -0.2) is 9.59 Å². The van der Waals surface area contributed by atoms with Gasteiger partial charge >= 0.3 is 12.1 Å². The Kier molecular flexibility index (Phi) is 12.9. The molecular formula is C24H45N3O2. The molecule has 0 saturated heterocycles. The molecule has 4 amide bonds. The Bertz CT molecular complexity index is 433. The fourth-order valence-electron chi connectivity index (χ4n) is 4.84. The van der Waals surface area contributed by atoms with Gasteiger partial charge < -0.3 is 10.6 Å². The van der Waals surface area contributed by atoms with Gasteiger partial charge in [0.2, 0.25) is 0 Å². The maximum Gasteiger partial charge on any atom is 0.323 e. The van der Waals surface area contributed by atoms with E-state index in [-0.39, 0.29) is 18.1 Å². The predicted molar refractivity (Wildman–Crippen MR) is 120 cm³/mol. The Morgan fingerprint density at radius 3 is 1.45 bits per heavy atom. The highest BCUT2D eigenvalue weighted by Gasteiger charge is 2.16. The molecule has 2 aliphatic rings. The minimum Gasteiger partial charge on any atom is -0.337 e. The molecule has 2 rings (SSSR count). The molecule has 0 bridgehead atoms. The largest absolute Gasteiger partial charge is 0.337 e. The number of rotatable bonds is 3. The van der Waals surface area contributed by atoms with E-state index in [1.54, 1.807) is 0 Å². The van der Waals surface area contributed by atoms with Crippen molar-refractivity contribution >= 4 is 12.1 Å². The van der Waals surface area contributed by atoms with Gasteiger partial charge in [0.25, 0.3) is 0 Å². The fourth-order valence-corrected chi connectivity index (χ4v) is 4.84. The summed E-state index contributed by atoms with van der Waals surface area (Å²) in [4.78, 5) is 24.5. The normalized spacial score (nSPS) is 22.1. The molecule has 2 saturated carbocycles. The Morgan fingerprint density at radius 1 is 0.552 bits per heavy atom. The lowest BCUT2D eigenvalue weighted by Gasteiger charge is -2.20. The van der Waals surface area contributed by atoms with Crippen LogP contribution in [0.2, 0.25) is 0 Å².